The summed E-state index contributed by atoms with van der Waals surface area (Å²) in [6.07, 6.45) is 4.72. The second-order valence-electron chi connectivity index (χ2n) is 2.14. The van der Waals surface area contributed by atoms with Gasteiger partial charge in [0.15, 0.2) is 0 Å². The summed E-state index contributed by atoms with van der Waals surface area (Å²) in [5.41, 5.74) is 2.45. The molecule has 1 N–H and O–H groups in total. The predicted octanol–water partition coefficient (Wildman–Crippen LogP) is 1.93. The molecule has 2 heteroatoms. The third-order valence-electron chi connectivity index (χ3n) is 1.56. The first-order chi connectivity index (χ1) is 4.88. The quantitative estimate of drug-likeness (QED) is 0.675. The summed E-state index contributed by atoms with van der Waals surface area (Å²) in [5, 5.41) is 3.08. The van der Waals surface area contributed by atoms with Gasteiger partial charge in [-0.1, -0.05) is 6.92 Å². The Morgan fingerprint density at radius 3 is 3.00 bits per heavy atom. The molecule has 56 valence electrons. The van der Waals surface area contributed by atoms with Crippen LogP contribution >= 0.6 is 0 Å². The normalized spacial score (nSPS) is 9.40. The third kappa shape index (κ3) is 1.26. The molecular formula is C8H14N2. The van der Waals surface area contributed by atoms with Gasteiger partial charge in [0, 0.05) is 14.7 Å². The standard InChI is InChI=1S/C8H12N2.H2/c1-3-7-4-5-10-6-8(7)9-2;/h4-6,9H,3H2,1-2H3;1H. The first kappa shape index (κ1) is 7.06. The fourth-order valence-corrected chi connectivity index (χ4v) is 0.957. The highest BCUT2D eigenvalue weighted by molar-refractivity contribution is 5.47. The fourth-order valence-electron chi connectivity index (χ4n) is 0.957. The minimum absolute atomic E-state index is 0. The first-order valence-corrected chi connectivity index (χ1v) is 3.49. The molecule has 0 amide bonds. The number of pyridine rings is 1. The zero-order valence-electron chi connectivity index (χ0n) is 6.39. The molecule has 0 unspecified atom stereocenters. The van der Waals surface area contributed by atoms with E-state index in [1.54, 1.807) is 0 Å². The zero-order chi connectivity index (χ0) is 7.40. The average Bonchev–Trinajstić information content (AvgIpc) is 2.04. The van der Waals surface area contributed by atoms with Gasteiger partial charge in [-0.15, -0.1) is 0 Å². The first-order valence-electron chi connectivity index (χ1n) is 3.49. The summed E-state index contributed by atoms with van der Waals surface area (Å²) in [7, 11) is 1.91. The molecule has 10 heavy (non-hydrogen) atoms. The summed E-state index contributed by atoms with van der Waals surface area (Å²) in [6.45, 7) is 2.14. The number of nitrogens with zero attached hydrogens (tertiary/aromatic N) is 1. The number of aryl methyl sites for hydroxylation is 1. The summed E-state index contributed by atoms with van der Waals surface area (Å²) in [4.78, 5) is 4.00. The zero-order valence-corrected chi connectivity index (χ0v) is 6.39. The van der Waals surface area contributed by atoms with Gasteiger partial charge in [-0.05, 0) is 18.1 Å². The van der Waals surface area contributed by atoms with E-state index in [4.69, 9.17) is 0 Å². The van der Waals surface area contributed by atoms with E-state index >= 15 is 0 Å². The lowest BCUT2D eigenvalue weighted by molar-refractivity contribution is 1.12. The van der Waals surface area contributed by atoms with E-state index < -0.39 is 0 Å². The number of anilines is 1. The van der Waals surface area contributed by atoms with Crippen molar-refractivity contribution in [1.82, 2.24) is 4.98 Å². The maximum Gasteiger partial charge on any atom is 0.0556 e. The predicted molar refractivity (Wildman–Crippen MR) is 45.3 cm³/mol. The van der Waals surface area contributed by atoms with Crippen LogP contribution in [0.25, 0.3) is 0 Å². The van der Waals surface area contributed by atoms with Gasteiger partial charge in [0.1, 0.15) is 0 Å². The highest BCUT2D eigenvalue weighted by Gasteiger charge is 1.94. The topological polar surface area (TPSA) is 24.9 Å². The Kier molecular flexibility index (Phi) is 2.26. The molecule has 2 nitrogen and oxygen atoms in total. The largest absolute Gasteiger partial charge is 0.387 e. The summed E-state index contributed by atoms with van der Waals surface area (Å²) >= 11 is 0. The number of nitrogens with one attached hydrogen (secondary N) is 1. The molecule has 1 aromatic heterocycles. The third-order valence-corrected chi connectivity index (χ3v) is 1.56. The van der Waals surface area contributed by atoms with Gasteiger partial charge in [0.25, 0.3) is 0 Å². The van der Waals surface area contributed by atoms with Crippen LogP contribution < -0.4 is 5.32 Å². The van der Waals surface area contributed by atoms with E-state index in [2.05, 4.69) is 17.2 Å². The molecule has 1 aromatic rings. The van der Waals surface area contributed by atoms with Gasteiger partial charge in [0.05, 0.1) is 11.9 Å². The second kappa shape index (κ2) is 3.20. The molecule has 0 aliphatic carbocycles. The second-order valence-corrected chi connectivity index (χ2v) is 2.14. The van der Waals surface area contributed by atoms with Gasteiger partial charge in [-0.3, -0.25) is 4.98 Å². The van der Waals surface area contributed by atoms with E-state index in [0.29, 0.717) is 0 Å². The molecule has 0 radical (unpaired) electrons. The van der Waals surface area contributed by atoms with Crippen molar-refractivity contribution in [1.29, 1.82) is 0 Å². The molecule has 1 heterocycles. The molecule has 0 aliphatic heterocycles. The summed E-state index contributed by atoms with van der Waals surface area (Å²) < 4.78 is 0. The minimum atomic E-state index is 0. The lowest BCUT2D eigenvalue weighted by Gasteiger charge is -2.03. The van der Waals surface area contributed by atoms with Crippen molar-refractivity contribution in [2.24, 2.45) is 0 Å². The Morgan fingerprint density at radius 1 is 1.70 bits per heavy atom. The van der Waals surface area contributed by atoms with E-state index in [0.717, 1.165) is 12.1 Å². The lowest BCUT2D eigenvalue weighted by Crippen LogP contribution is -1.94. The molecule has 0 fully saturated rings. The van der Waals surface area contributed by atoms with E-state index in [1.165, 1.54) is 5.56 Å². The van der Waals surface area contributed by atoms with Crippen LogP contribution in [0.2, 0.25) is 0 Å². The summed E-state index contributed by atoms with van der Waals surface area (Å²) in [5.74, 6) is 0. The molecule has 0 saturated carbocycles. The molecule has 0 aliphatic rings. The Bertz CT molecular complexity index is 190. The van der Waals surface area contributed by atoms with Gasteiger partial charge < -0.3 is 5.32 Å². The molecule has 0 bridgehead atoms. The monoisotopic (exact) mass is 138 g/mol. The van der Waals surface area contributed by atoms with E-state index in [1.807, 2.05) is 25.5 Å². The van der Waals surface area contributed by atoms with Crippen LogP contribution in [0, 0.1) is 0 Å². The fraction of sp³-hybridized carbons (Fsp3) is 0.375. The SMILES string of the molecule is CCc1ccncc1NC.[HH]. The Morgan fingerprint density at radius 2 is 2.50 bits per heavy atom. The molecule has 0 saturated heterocycles. The van der Waals surface area contributed by atoms with Crippen molar-refractivity contribution in [3.05, 3.63) is 24.0 Å². The average molecular weight is 138 g/mol. The van der Waals surface area contributed by atoms with Crippen molar-refractivity contribution >= 4 is 5.69 Å². The maximum absolute atomic E-state index is 4.00. The highest BCUT2D eigenvalue weighted by atomic mass is 14.8. The van der Waals surface area contributed by atoms with Crippen LogP contribution in [-0.4, -0.2) is 12.0 Å². The smallest absolute Gasteiger partial charge is 0.0556 e. The number of rotatable bonds is 2. The molecule has 0 atom stereocenters. The van der Waals surface area contributed by atoms with Gasteiger partial charge in [-0.2, -0.15) is 0 Å². The van der Waals surface area contributed by atoms with Crippen LogP contribution in [0.1, 0.15) is 13.9 Å². The van der Waals surface area contributed by atoms with Crippen molar-refractivity contribution in [3.8, 4) is 0 Å². The minimum Gasteiger partial charge on any atom is -0.387 e. The molecule has 1 rings (SSSR count). The number of hydrogen-bond acceptors (Lipinski definition) is 2. The number of aromatic nitrogens is 1. The maximum atomic E-state index is 4.00. The van der Waals surface area contributed by atoms with Crippen LogP contribution in [-0.2, 0) is 6.42 Å². The van der Waals surface area contributed by atoms with Crippen LogP contribution in [0.5, 0.6) is 0 Å². The lowest BCUT2D eigenvalue weighted by atomic mass is 10.2. The Hall–Kier alpha value is -1.05. The number of hydrogen-bond donors (Lipinski definition) is 1. The molecule has 0 spiro atoms. The van der Waals surface area contributed by atoms with Crippen molar-refractivity contribution in [3.63, 3.8) is 0 Å². The van der Waals surface area contributed by atoms with Gasteiger partial charge >= 0.3 is 0 Å². The van der Waals surface area contributed by atoms with Crippen molar-refractivity contribution in [2.75, 3.05) is 12.4 Å². The Labute approximate surface area is 62.8 Å². The van der Waals surface area contributed by atoms with Crippen molar-refractivity contribution in [2.45, 2.75) is 13.3 Å². The van der Waals surface area contributed by atoms with Crippen LogP contribution in [0.4, 0.5) is 5.69 Å². The van der Waals surface area contributed by atoms with Crippen LogP contribution in [0.15, 0.2) is 18.5 Å². The Balaban J connectivity index is 0.000001000. The van der Waals surface area contributed by atoms with Gasteiger partial charge in [0.2, 0.25) is 0 Å². The molecule has 0 aromatic carbocycles. The van der Waals surface area contributed by atoms with Crippen molar-refractivity contribution < 1.29 is 1.43 Å². The van der Waals surface area contributed by atoms with Gasteiger partial charge in [-0.25, -0.2) is 0 Å². The van der Waals surface area contributed by atoms with Crippen LogP contribution in [0.3, 0.4) is 0 Å². The summed E-state index contributed by atoms with van der Waals surface area (Å²) in [6, 6.07) is 2.03. The highest BCUT2D eigenvalue weighted by Crippen LogP contribution is 2.11. The van der Waals surface area contributed by atoms with E-state index in [9.17, 15) is 0 Å². The molecular weight excluding hydrogens is 124 g/mol. The van der Waals surface area contributed by atoms with E-state index in [-0.39, 0.29) is 1.43 Å².